The van der Waals surface area contributed by atoms with E-state index in [0.29, 0.717) is 5.82 Å². The second kappa shape index (κ2) is 6.92. The van der Waals surface area contributed by atoms with Crippen LogP contribution in [0, 0.1) is 5.82 Å². The van der Waals surface area contributed by atoms with Crippen LogP contribution in [0.25, 0.3) is 11.4 Å². The molecule has 0 fully saturated rings. The first-order valence-corrected chi connectivity index (χ1v) is 9.87. The molecule has 0 N–H and O–H groups in total. The van der Waals surface area contributed by atoms with Gasteiger partial charge in [0, 0.05) is 24.2 Å². The van der Waals surface area contributed by atoms with E-state index >= 15 is 0 Å². The summed E-state index contributed by atoms with van der Waals surface area (Å²) in [7, 11) is -1.81. The van der Waals surface area contributed by atoms with Crippen molar-refractivity contribution in [3.05, 3.63) is 66.2 Å². The van der Waals surface area contributed by atoms with E-state index in [1.807, 2.05) is 17.7 Å². The molecule has 1 aromatic heterocycles. The lowest BCUT2D eigenvalue weighted by Crippen LogP contribution is -2.08. The Morgan fingerprint density at radius 3 is 2.46 bits per heavy atom. The largest absolute Gasteiger partial charge is 0.494 e. The summed E-state index contributed by atoms with van der Waals surface area (Å²) in [5.41, 5.74) is 1.67. The summed E-state index contributed by atoms with van der Waals surface area (Å²) in [6, 6.07) is 11.3. The first-order chi connectivity index (χ1) is 12.3. The van der Waals surface area contributed by atoms with Crippen LogP contribution in [0.1, 0.15) is 18.5 Å². The van der Waals surface area contributed by atoms with Gasteiger partial charge >= 0.3 is 0 Å². The van der Waals surface area contributed by atoms with Crippen LogP contribution in [0.4, 0.5) is 4.39 Å². The molecule has 0 aliphatic rings. The molecule has 0 radical (unpaired) electrons. The van der Waals surface area contributed by atoms with Crippen LogP contribution in [0.2, 0.25) is 0 Å². The fourth-order valence-corrected chi connectivity index (χ4v) is 3.43. The summed E-state index contributed by atoms with van der Waals surface area (Å²) in [5.74, 6) is 0.393. The maximum absolute atomic E-state index is 13.7. The van der Waals surface area contributed by atoms with Crippen molar-refractivity contribution in [3.8, 4) is 17.1 Å². The highest BCUT2D eigenvalue weighted by Gasteiger charge is 2.16. The highest BCUT2D eigenvalue weighted by Crippen LogP contribution is 2.29. The number of halogens is 1. The average Bonchev–Trinajstić information content (AvgIpc) is 3.10. The zero-order valence-corrected chi connectivity index (χ0v) is 15.5. The Morgan fingerprint density at radius 2 is 1.85 bits per heavy atom. The van der Waals surface area contributed by atoms with Crippen LogP contribution in [-0.2, 0) is 9.84 Å². The third kappa shape index (κ3) is 3.48. The van der Waals surface area contributed by atoms with E-state index in [1.165, 1.54) is 19.4 Å². The van der Waals surface area contributed by atoms with E-state index in [9.17, 15) is 12.8 Å². The molecule has 7 heteroatoms. The number of hydrogen-bond donors (Lipinski definition) is 0. The summed E-state index contributed by atoms with van der Waals surface area (Å²) in [4.78, 5) is 4.66. The topological polar surface area (TPSA) is 61.2 Å². The minimum absolute atomic E-state index is 0.0860. The molecule has 0 saturated carbocycles. The van der Waals surface area contributed by atoms with Crippen molar-refractivity contribution >= 4 is 9.84 Å². The number of nitrogens with zero attached hydrogens (tertiary/aromatic N) is 2. The third-order valence-corrected chi connectivity index (χ3v) is 5.41. The van der Waals surface area contributed by atoms with Gasteiger partial charge in [0.15, 0.2) is 21.4 Å². The number of hydrogen-bond acceptors (Lipinski definition) is 4. The van der Waals surface area contributed by atoms with Crippen LogP contribution in [0.5, 0.6) is 5.75 Å². The predicted molar refractivity (Wildman–Crippen MR) is 97.5 cm³/mol. The first kappa shape index (κ1) is 18.1. The number of methoxy groups -OCH3 is 1. The van der Waals surface area contributed by atoms with E-state index in [-0.39, 0.29) is 16.7 Å². The number of aromatic nitrogens is 2. The molecule has 0 aliphatic heterocycles. The molecule has 3 aromatic rings. The third-order valence-electron chi connectivity index (χ3n) is 4.29. The van der Waals surface area contributed by atoms with Gasteiger partial charge in [-0.1, -0.05) is 12.1 Å². The highest BCUT2D eigenvalue weighted by atomic mass is 32.2. The van der Waals surface area contributed by atoms with Gasteiger partial charge in [0.25, 0.3) is 0 Å². The lowest BCUT2D eigenvalue weighted by atomic mass is 10.1. The molecule has 3 rings (SSSR count). The SMILES string of the molecule is COc1cc(-c2nccn2[C@H](C)c2ccc(S(C)(=O)=O)cc2)ccc1F. The van der Waals surface area contributed by atoms with Gasteiger partial charge in [-0.2, -0.15) is 0 Å². The summed E-state index contributed by atoms with van der Waals surface area (Å²) in [5, 5.41) is 0. The van der Waals surface area contributed by atoms with E-state index in [0.717, 1.165) is 11.1 Å². The molecular formula is C19H19FN2O3S. The van der Waals surface area contributed by atoms with Gasteiger partial charge < -0.3 is 9.30 Å². The molecule has 0 unspecified atom stereocenters. The Hall–Kier alpha value is -2.67. The van der Waals surface area contributed by atoms with Crippen LogP contribution < -0.4 is 4.74 Å². The van der Waals surface area contributed by atoms with Crippen molar-refractivity contribution in [1.29, 1.82) is 0 Å². The predicted octanol–water partition coefficient (Wildman–Crippen LogP) is 3.71. The van der Waals surface area contributed by atoms with Crippen LogP contribution in [-0.4, -0.2) is 31.3 Å². The quantitative estimate of drug-likeness (QED) is 0.683. The summed E-state index contributed by atoms with van der Waals surface area (Å²) in [6.07, 6.45) is 4.69. The second-order valence-corrected chi connectivity index (χ2v) is 8.04. The summed E-state index contributed by atoms with van der Waals surface area (Å²) >= 11 is 0. The Bertz CT molecular complexity index is 1030. The van der Waals surface area contributed by atoms with E-state index in [2.05, 4.69) is 4.98 Å². The normalized spacial score (nSPS) is 12.8. The molecule has 26 heavy (non-hydrogen) atoms. The second-order valence-electron chi connectivity index (χ2n) is 6.02. The fraction of sp³-hybridized carbons (Fsp3) is 0.211. The van der Waals surface area contributed by atoms with Crippen LogP contribution in [0.15, 0.2) is 59.8 Å². The van der Waals surface area contributed by atoms with Gasteiger partial charge in [-0.05, 0) is 42.8 Å². The number of rotatable bonds is 5. The number of sulfone groups is 1. The Balaban J connectivity index is 1.97. The van der Waals surface area contributed by atoms with Crippen molar-refractivity contribution in [2.24, 2.45) is 0 Å². The van der Waals surface area contributed by atoms with Crippen molar-refractivity contribution in [3.63, 3.8) is 0 Å². The molecule has 5 nitrogen and oxygen atoms in total. The highest BCUT2D eigenvalue weighted by molar-refractivity contribution is 7.90. The molecule has 2 aromatic carbocycles. The van der Waals surface area contributed by atoms with Crippen molar-refractivity contribution in [2.75, 3.05) is 13.4 Å². The number of benzene rings is 2. The standard InChI is InChI=1S/C19H19FN2O3S/c1-13(14-4-7-16(8-5-14)26(3,23)24)22-11-10-21-19(22)15-6-9-17(20)18(12-15)25-2/h4-13H,1-3H3/t13-/m1/s1. The lowest BCUT2D eigenvalue weighted by Gasteiger charge is -2.17. The Labute approximate surface area is 152 Å². The zero-order valence-electron chi connectivity index (χ0n) is 14.7. The maximum Gasteiger partial charge on any atom is 0.175 e. The van der Waals surface area contributed by atoms with Gasteiger partial charge in [0.05, 0.1) is 18.0 Å². The van der Waals surface area contributed by atoms with Gasteiger partial charge in [-0.15, -0.1) is 0 Å². The smallest absolute Gasteiger partial charge is 0.175 e. The molecule has 0 saturated heterocycles. The fourth-order valence-electron chi connectivity index (χ4n) is 2.80. The van der Waals surface area contributed by atoms with E-state index in [1.54, 1.807) is 42.6 Å². The van der Waals surface area contributed by atoms with E-state index in [4.69, 9.17) is 4.74 Å². The zero-order chi connectivity index (χ0) is 18.9. The molecule has 0 bridgehead atoms. The number of imidazole rings is 1. The van der Waals surface area contributed by atoms with Crippen molar-refractivity contribution in [1.82, 2.24) is 9.55 Å². The monoisotopic (exact) mass is 374 g/mol. The number of ether oxygens (including phenoxy) is 1. The van der Waals surface area contributed by atoms with E-state index < -0.39 is 15.7 Å². The molecule has 0 aliphatic carbocycles. The van der Waals surface area contributed by atoms with Crippen molar-refractivity contribution < 1.29 is 17.5 Å². The van der Waals surface area contributed by atoms with Gasteiger partial charge in [0.1, 0.15) is 5.82 Å². The van der Waals surface area contributed by atoms with Crippen molar-refractivity contribution in [2.45, 2.75) is 17.9 Å². The van der Waals surface area contributed by atoms with Gasteiger partial charge in [-0.25, -0.2) is 17.8 Å². The van der Waals surface area contributed by atoms with Crippen LogP contribution >= 0.6 is 0 Å². The Morgan fingerprint density at radius 1 is 1.15 bits per heavy atom. The lowest BCUT2D eigenvalue weighted by molar-refractivity contribution is 0.386. The summed E-state index contributed by atoms with van der Waals surface area (Å²) in [6.45, 7) is 1.99. The minimum Gasteiger partial charge on any atom is -0.494 e. The van der Waals surface area contributed by atoms with Gasteiger partial charge in [0.2, 0.25) is 0 Å². The minimum atomic E-state index is -3.23. The summed E-state index contributed by atoms with van der Waals surface area (Å²) < 4.78 is 43.9. The maximum atomic E-state index is 13.7. The molecule has 136 valence electrons. The molecule has 1 atom stereocenters. The average molecular weight is 374 g/mol. The Kier molecular flexibility index (Phi) is 4.82. The molecule has 0 spiro atoms. The van der Waals surface area contributed by atoms with Crippen LogP contribution in [0.3, 0.4) is 0 Å². The first-order valence-electron chi connectivity index (χ1n) is 7.98. The molecular weight excluding hydrogens is 355 g/mol. The molecule has 1 heterocycles. The van der Waals surface area contributed by atoms with Gasteiger partial charge in [-0.3, -0.25) is 0 Å². The molecule has 0 amide bonds.